The van der Waals surface area contributed by atoms with Gasteiger partial charge in [-0.2, -0.15) is 13.5 Å². The summed E-state index contributed by atoms with van der Waals surface area (Å²) in [4.78, 5) is 11.8. The predicted molar refractivity (Wildman–Crippen MR) is 68.2 cm³/mol. The van der Waals surface area contributed by atoms with Crippen molar-refractivity contribution >= 4 is 28.9 Å². The summed E-state index contributed by atoms with van der Waals surface area (Å²) in [5.41, 5.74) is 4.85. The molecule has 2 aromatic rings. The first kappa shape index (κ1) is 13.8. The third kappa shape index (κ3) is 2.31. The van der Waals surface area contributed by atoms with Gasteiger partial charge in [0.15, 0.2) is 0 Å². The summed E-state index contributed by atoms with van der Waals surface area (Å²) in [5, 5.41) is 4.02. The van der Waals surface area contributed by atoms with Gasteiger partial charge < -0.3 is 5.73 Å². The Bertz CT molecular complexity index is 696. The van der Waals surface area contributed by atoms with E-state index in [0.717, 1.165) is 4.68 Å². The average Bonchev–Trinajstić information content (AvgIpc) is 2.59. The van der Waals surface area contributed by atoms with Crippen molar-refractivity contribution in [1.29, 1.82) is 0 Å². The molecule has 102 valence electrons. The normalized spacial score (nSPS) is 11.3. The zero-order valence-electron chi connectivity index (χ0n) is 9.57. The van der Waals surface area contributed by atoms with Crippen LogP contribution in [0.5, 0.6) is 0 Å². The number of hydrogen-bond acceptors (Lipinski definition) is 3. The molecule has 2 rings (SSSR count). The third-order valence-electron chi connectivity index (χ3n) is 2.47. The van der Waals surface area contributed by atoms with E-state index >= 15 is 0 Å². The molecule has 0 saturated carbocycles. The Labute approximate surface area is 116 Å². The van der Waals surface area contributed by atoms with Crippen LogP contribution >= 0.6 is 23.2 Å². The first-order chi connectivity index (χ1) is 8.82. The zero-order valence-corrected chi connectivity index (χ0v) is 11.1. The summed E-state index contributed by atoms with van der Waals surface area (Å²) in [6.07, 6.45) is 0. The highest BCUT2D eigenvalue weighted by Gasteiger charge is 2.20. The van der Waals surface area contributed by atoms with Gasteiger partial charge in [-0.25, -0.2) is 9.36 Å². The topological polar surface area (TPSA) is 65.8 Å². The lowest BCUT2D eigenvalue weighted by Crippen LogP contribution is -2.25. The van der Waals surface area contributed by atoms with E-state index < -0.39 is 12.2 Å². The van der Waals surface area contributed by atoms with E-state index in [4.69, 9.17) is 28.9 Å². The van der Waals surface area contributed by atoms with Crippen LogP contribution in [0, 0.1) is 6.92 Å². The van der Waals surface area contributed by atoms with Crippen LogP contribution in [0.25, 0.3) is 5.69 Å². The molecule has 0 spiro atoms. The minimum Gasteiger partial charge on any atom is -0.397 e. The van der Waals surface area contributed by atoms with E-state index in [1.54, 1.807) is 0 Å². The number of anilines is 1. The predicted octanol–water partition coefficient (Wildman–Crippen LogP) is 2.63. The molecule has 0 aliphatic rings. The molecule has 1 aromatic carbocycles. The number of hydrogen-bond donors (Lipinski definition) is 1. The van der Waals surface area contributed by atoms with E-state index in [1.807, 2.05) is 0 Å². The molecule has 2 N–H and O–H groups in total. The van der Waals surface area contributed by atoms with Crippen molar-refractivity contribution in [3.63, 3.8) is 0 Å². The van der Waals surface area contributed by atoms with Crippen LogP contribution in [-0.2, 0) is 0 Å². The summed E-state index contributed by atoms with van der Waals surface area (Å²) >= 11 is 11.7. The monoisotopic (exact) mass is 308 g/mol. The first-order valence-electron chi connectivity index (χ1n) is 5.04. The van der Waals surface area contributed by atoms with E-state index in [-0.39, 0.29) is 31.8 Å². The molecular formula is C10H8Cl2F2N4O. The Hall–Kier alpha value is -1.60. The van der Waals surface area contributed by atoms with Crippen LogP contribution in [0.4, 0.5) is 14.5 Å². The fourth-order valence-electron chi connectivity index (χ4n) is 1.57. The number of rotatable bonds is 2. The molecule has 5 nitrogen and oxygen atoms in total. The number of nitrogens with two attached hydrogens (primary N) is 1. The molecule has 1 heterocycles. The van der Waals surface area contributed by atoms with Crippen LogP contribution in [0.2, 0.25) is 10.0 Å². The standard InChI is InChI=1S/C10H8Cl2F2N4O/c1-4-16-18(10(19)17(4)9(13)14)8-3-7(15)5(11)2-6(8)12/h2-3,9H,15H2,1H3. The van der Waals surface area contributed by atoms with Gasteiger partial charge in [0.1, 0.15) is 5.82 Å². The maximum absolute atomic E-state index is 12.7. The van der Waals surface area contributed by atoms with E-state index in [2.05, 4.69) is 5.10 Å². The lowest BCUT2D eigenvalue weighted by molar-refractivity contribution is 0.0640. The fourth-order valence-corrected chi connectivity index (χ4v) is 2.04. The Morgan fingerprint density at radius 3 is 2.47 bits per heavy atom. The van der Waals surface area contributed by atoms with E-state index in [9.17, 15) is 13.6 Å². The van der Waals surface area contributed by atoms with E-state index in [1.165, 1.54) is 19.1 Å². The molecule has 0 fully saturated rings. The van der Waals surface area contributed by atoms with Gasteiger partial charge in [0.2, 0.25) is 0 Å². The number of alkyl halides is 2. The number of aryl methyl sites for hydroxylation is 1. The zero-order chi connectivity index (χ0) is 14.3. The molecule has 0 atom stereocenters. The molecule has 0 bridgehead atoms. The number of nitrogen functional groups attached to an aromatic ring is 1. The van der Waals surface area contributed by atoms with Crippen LogP contribution in [0.15, 0.2) is 16.9 Å². The summed E-state index contributed by atoms with van der Waals surface area (Å²) in [6, 6.07) is 2.62. The molecule has 19 heavy (non-hydrogen) atoms. The number of halogens is 4. The van der Waals surface area contributed by atoms with Gasteiger partial charge in [0, 0.05) is 0 Å². The van der Waals surface area contributed by atoms with E-state index in [0.29, 0.717) is 0 Å². The highest BCUT2D eigenvalue weighted by molar-refractivity contribution is 6.37. The quantitative estimate of drug-likeness (QED) is 0.867. The highest BCUT2D eigenvalue weighted by atomic mass is 35.5. The lowest BCUT2D eigenvalue weighted by Gasteiger charge is -2.05. The Kier molecular flexibility index (Phi) is 3.51. The van der Waals surface area contributed by atoms with Gasteiger partial charge in [-0.3, -0.25) is 0 Å². The largest absolute Gasteiger partial charge is 0.397 e. The second-order valence-corrected chi connectivity index (χ2v) is 4.53. The minimum atomic E-state index is -2.98. The average molecular weight is 309 g/mol. The van der Waals surface area contributed by atoms with Crippen LogP contribution in [0.3, 0.4) is 0 Å². The lowest BCUT2D eigenvalue weighted by atomic mass is 10.3. The number of nitrogens with zero attached hydrogens (tertiary/aromatic N) is 3. The molecule has 0 aliphatic heterocycles. The summed E-state index contributed by atoms with van der Waals surface area (Å²) in [5.74, 6) is -0.135. The highest BCUT2D eigenvalue weighted by Crippen LogP contribution is 2.28. The van der Waals surface area contributed by atoms with Crippen LogP contribution in [-0.4, -0.2) is 14.3 Å². The van der Waals surface area contributed by atoms with Crippen molar-refractivity contribution < 1.29 is 8.78 Å². The second kappa shape index (κ2) is 4.82. The maximum atomic E-state index is 12.7. The van der Waals surface area contributed by atoms with Crippen LogP contribution < -0.4 is 11.4 Å². The van der Waals surface area contributed by atoms with Crippen molar-refractivity contribution in [2.24, 2.45) is 0 Å². The summed E-state index contributed by atoms with van der Waals surface area (Å²) in [6.45, 7) is -1.69. The molecule has 0 radical (unpaired) electrons. The number of aromatic nitrogens is 3. The SMILES string of the molecule is Cc1nn(-c2cc(N)c(Cl)cc2Cl)c(=O)n1C(F)F. The van der Waals surface area contributed by atoms with Gasteiger partial charge in [-0.15, -0.1) is 5.10 Å². The third-order valence-corrected chi connectivity index (χ3v) is 3.10. The minimum absolute atomic E-state index is 0.0835. The molecule has 0 aliphatic carbocycles. The Morgan fingerprint density at radius 2 is 1.95 bits per heavy atom. The van der Waals surface area contributed by atoms with Crippen molar-refractivity contribution in [3.05, 3.63) is 38.5 Å². The van der Waals surface area contributed by atoms with Crippen molar-refractivity contribution in [2.45, 2.75) is 13.5 Å². The van der Waals surface area contributed by atoms with Gasteiger partial charge >= 0.3 is 12.2 Å². The smallest absolute Gasteiger partial charge is 0.355 e. The Balaban J connectivity index is 2.70. The molecule has 1 aromatic heterocycles. The van der Waals surface area contributed by atoms with Crippen molar-refractivity contribution in [2.75, 3.05) is 5.73 Å². The Morgan fingerprint density at radius 1 is 1.32 bits per heavy atom. The molecule has 9 heteroatoms. The van der Waals surface area contributed by atoms with Gasteiger partial charge in [0.05, 0.1) is 21.4 Å². The molecule has 0 amide bonds. The number of benzene rings is 1. The van der Waals surface area contributed by atoms with Gasteiger partial charge in [-0.1, -0.05) is 23.2 Å². The van der Waals surface area contributed by atoms with Crippen LogP contribution in [0.1, 0.15) is 12.4 Å². The molecule has 0 unspecified atom stereocenters. The first-order valence-corrected chi connectivity index (χ1v) is 5.79. The molecule has 0 saturated heterocycles. The van der Waals surface area contributed by atoms with Crippen molar-refractivity contribution in [3.8, 4) is 5.69 Å². The van der Waals surface area contributed by atoms with Gasteiger partial charge in [-0.05, 0) is 19.1 Å². The molecular weight excluding hydrogens is 301 g/mol. The summed E-state index contributed by atoms with van der Waals surface area (Å²) < 4.78 is 26.4. The van der Waals surface area contributed by atoms with Gasteiger partial charge in [0.25, 0.3) is 0 Å². The van der Waals surface area contributed by atoms with Crippen molar-refractivity contribution in [1.82, 2.24) is 14.3 Å². The summed E-state index contributed by atoms with van der Waals surface area (Å²) in [7, 11) is 0. The second-order valence-electron chi connectivity index (χ2n) is 3.71. The fraction of sp³-hybridized carbons (Fsp3) is 0.200. The maximum Gasteiger partial charge on any atom is 0.355 e.